The predicted octanol–water partition coefficient (Wildman–Crippen LogP) is 5.45. The summed E-state index contributed by atoms with van der Waals surface area (Å²) in [5, 5.41) is 14.7. The number of nitrogens with zero attached hydrogens (tertiary/aromatic N) is 2. The van der Waals surface area contributed by atoms with E-state index in [0.717, 1.165) is 29.6 Å². The molecular weight excluding hydrogens is 621 g/mol. The quantitative estimate of drug-likeness (QED) is 0.299. The molecule has 2 amide bonds. The third-order valence-electron chi connectivity index (χ3n) is 9.44. The third-order valence-corrected chi connectivity index (χ3v) is 10.7. The smallest absolute Gasteiger partial charge is 0.306 e. The number of likely N-dealkylation sites (tertiary alicyclic amines) is 2. The van der Waals surface area contributed by atoms with E-state index in [1.54, 1.807) is 17.4 Å². The zero-order chi connectivity index (χ0) is 31.7. The molecule has 3 heterocycles. The summed E-state index contributed by atoms with van der Waals surface area (Å²) < 4.78 is 28.0. The van der Waals surface area contributed by atoms with Crippen LogP contribution in [0.4, 0.5) is 10.1 Å². The number of amides is 2. The Labute approximate surface area is 270 Å². The molecule has 12 heteroatoms. The van der Waals surface area contributed by atoms with Gasteiger partial charge in [-0.2, -0.15) is 0 Å². The number of halogens is 2. The lowest BCUT2D eigenvalue weighted by Gasteiger charge is -2.42. The molecule has 3 aromatic rings. The van der Waals surface area contributed by atoms with Crippen molar-refractivity contribution in [2.75, 3.05) is 38.7 Å². The molecule has 2 atom stereocenters. The number of carbonyl (C=O) groups is 3. The molecule has 0 radical (unpaired) electrons. The first kappa shape index (κ1) is 31.9. The Morgan fingerprint density at radius 2 is 1.84 bits per heavy atom. The highest BCUT2D eigenvalue weighted by Crippen LogP contribution is 2.33. The fourth-order valence-electron chi connectivity index (χ4n) is 6.69. The molecular formula is C33H37ClFN3O6S. The number of benzene rings is 2. The summed E-state index contributed by atoms with van der Waals surface area (Å²) in [6, 6.07) is 10.1. The minimum Gasteiger partial charge on any atom is -0.481 e. The molecule has 2 aliphatic heterocycles. The van der Waals surface area contributed by atoms with Crippen LogP contribution in [0.1, 0.15) is 48.0 Å². The highest BCUT2D eigenvalue weighted by atomic mass is 35.5. The summed E-state index contributed by atoms with van der Waals surface area (Å²) in [4.78, 5) is 42.1. The lowest BCUT2D eigenvalue weighted by molar-refractivity contribution is -0.144. The van der Waals surface area contributed by atoms with Crippen molar-refractivity contribution in [3.63, 3.8) is 0 Å². The molecule has 3 aliphatic rings. The van der Waals surface area contributed by atoms with Crippen LogP contribution in [0.25, 0.3) is 10.1 Å². The molecule has 0 bridgehead atoms. The first-order valence-corrected chi connectivity index (χ1v) is 16.6. The molecule has 1 aliphatic carbocycles. The number of nitrogens with one attached hydrogen (secondary N) is 1. The summed E-state index contributed by atoms with van der Waals surface area (Å²) in [5.74, 6) is -2.31. The molecule has 1 unspecified atom stereocenters. The molecule has 2 N–H and O–H groups in total. The van der Waals surface area contributed by atoms with Gasteiger partial charge in [-0.25, -0.2) is 4.39 Å². The van der Waals surface area contributed by atoms with Gasteiger partial charge in [0, 0.05) is 48.3 Å². The van der Waals surface area contributed by atoms with Crippen molar-refractivity contribution in [3.8, 4) is 0 Å². The number of aliphatic carboxylic acids is 1. The molecule has 6 rings (SSSR count). The number of carbonyl (C=O) groups excluding carboxylic acids is 2. The molecule has 1 saturated carbocycles. The van der Waals surface area contributed by atoms with Gasteiger partial charge in [0.2, 0.25) is 5.91 Å². The number of carboxylic acids is 1. The van der Waals surface area contributed by atoms with E-state index in [9.17, 15) is 19.5 Å². The lowest BCUT2D eigenvalue weighted by Crippen LogP contribution is -2.56. The fourth-order valence-corrected chi connectivity index (χ4v) is 7.86. The number of thiophene rings is 1. The van der Waals surface area contributed by atoms with Crippen molar-refractivity contribution in [3.05, 3.63) is 63.7 Å². The predicted molar refractivity (Wildman–Crippen MR) is 171 cm³/mol. The van der Waals surface area contributed by atoms with Crippen molar-refractivity contribution in [2.45, 2.75) is 62.8 Å². The number of ether oxygens (including phenoxy) is 2. The molecule has 0 spiro atoms. The van der Waals surface area contributed by atoms with Crippen LogP contribution in [0.5, 0.6) is 0 Å². The van der Waals surface area contributed by atoms with Crippen molar-refractivity contribution in [1.29, 1.82) is 0 Å². The van der Waals surface area contributed by atoms with Gasteiger partial charge in [0.15, 0.2) is 0 Å². The van der Waals surface area contributed by atoms with Crippen LogP contribution in [-0.2, 0) is 25.5 Å². The molecule has 45 heavy (non-hydrogen) atoms. The standard InChI is InChI=1S/C33H37ClFN3O6S/c1-43-24-15-37(16-24)21-12-22(17-44-23-8-6-19(7-9-23)33(41)42)38(14-21)31(39)11-20-10-27(34)29(13-28(20)35)36-32(40)26-18-45-30-5-3-2-4-25(26)30/h2-5,10,13,18-19,21-24H,6-9,11-12,14-17H2,1H3,(H,36,40)(H,41,42)/t19?,21-,22?,23?/m0/s1. The normalized spacial score (nSPS) is 24.1. The van der Waals surface area contributed by atoms with E-state index in [1.807, 2.05) is 24.3 Å². The molecule has 9 nitrogen and oxygen atoms in total. The summed E-state index contributed by atoms with van der Waals surface area (Å²) in [6.07, 6.45) is 3.23. The number of rotatable bonds is 10. The number of hydrogen-bond donors (Lipinski definition) is 2. The monoisotopic (exact) mass is 657 g/mol. The van der Waals surface area contributed by atoms with Crippen LogP contribution >= 0.6 is 22.9 Å². The first-order chi connectivity index (χ1) is 21.7. The summed E-state index contributed by atoms with van der Waals surface area (Å²) in [5.41, 5.74) is 0.779. The van der Waals surface area contributed by atoms with Crippen LogP contribution in [0, 0.1) is 11.7 Å². The van der Waals surface area contributed by atoms with E-state index in [1.165, 1.54) is 23.5 Å². The van der Waals surface area contributed by atoms with Crippen molar-refractivity contribution >= 4 is 56.5 Å². The number of methoxy groups -OCH3 is 1. The summed E-state index contributed by atoms with van der Waals surface area (Å²) in [6.45, 7) is 2.45. The Bertz CT molecular complexity index is 1570. The van der Waals surface area contributed by atoms with E-state index in [0.29, 0.717) is 44.4 Å². The van der Waals surface area contributed by atoms with Crippen molar-refractivity contribution in [2.24, 2.45) is 5.92 Å². The lowest BCUT2D eigenvalue weighted by atomic mass is 9.87. The number of fused-ring (bicyclic) bond motifs is 1. The Balaban J connectivity index is 1.11. The third kappa shape index (κ3) is 7.02. The van der Waals surface area contributed by atoms with E-state index < -0.39 is 11.8 Å². The molecule has 3 fully saturated rings. The van der Waals surface area contributed by atoms with E-state index in [4.69, 9.17) is 21.1 Å². The van der Waals surface area contributed by atoms with Crippen LogP contribution in [0.2, 0.25) is 5.02 Å². The molecule has 2 saturated heterocycles. The molecule has 1 aromatic heterocycles. The minimum absolute atomic E-state index is 0.0374. The van der Waals surface area contributed by atoms with Crippen LogP contribution in [0.3, 0.4) is 0 Å². The fraction of sp³-hybridized carbons (Fsp3) is 0.485. The summed E-state index contributed by atoms with van der Waals surface area (Å²) >= 11 is 7.95. The largest absolute Gasteiger partial charge is 0.481 e. The van der Waals surface area contributed by atoms with Crippen LogP contribution in [-0.4, -0.2) is 90.3 Å². The van der Waals surface area contributed by atoms with Crippen LogP contribution in [0.15, 0.2) is 41.8 Å². The zero-order valence-corrected chi connectivity index (χ0v) is 26.6. The maximum absolute atomic E-state index is 15.4. The van der Waals surface area contributed by atoms with Crippen molar-refractivity contribution < 1.29 is 33.4 Å². The number of carboxylic acid groups (broad SMARTS) is 1. The van der Waals surface area contributed by atoms with Gasteiger partial charge in [-0.3, -0.25) is 19.3 Å². The van der Waals surface area contributed by atoms with Gasteiger partial charge < -0.3 is 24.8 Å². The van der Waals surface area contributed by atoms with Gasteiger partial charge in [-0.05, 0) is 55.9 Å². The number of hydrogen-bond acceptors (Lipinski definition) is 7. The maximum Gasteiger partial charge on any atom is 0.306 e. The van der Waals surface area contributed by atoms with Gasteiger partial charge in [0.25, 0.3) is 5.91 Å². The second kappa shape index (κ2) is 13.7. The Kier molecular flexibility index (Phi) is 9.72. The second-order valence-corrected chi connectivity index (χ2v) is 13.6. The second-order valence-electron chi connectivity index (χ2n) is 12.2. The van der Waals surface area contributed by atoms with Gasteiger partial charge in [-0.1, -0.05) is 29.8 Å². The van der Waals surface area contributed by atoms with Gasteiger partial charge in [0.05, 0.1) is 53.5 Å². The van der Waals surface area contributed by atoms with Crippen molar-refractivity contribution in [1.82, 2.24) is 9.80 Å². The maximum atomic E-state index is 15.4. The molecule has 2 aromatic carbocycles. The number of anilines is 1. The van der Waals surface area contributed by atoms with Crippen LogP contribution < -0.4 is 5.32 Å². The van der Waals surface area contributed by atoms with E-state index in [-0.39, 0.29) is 64.7 Å². The van der Waals surface area contributed by atoms with E-state index in [2.05, 4.69) is 10.2 Å². The van der Waals surface area contributed by atoms with E-state index >= 15 is 4.39 Å². The van der Waals surface area contributed by atoms with Gasteiger partial charge >= 0.3 is 5.97 Å². The minimum atomic E-state index is -0.758. The average molecular weight is 658 g/mol. The topological polar surface area (TPSA) is 108 Å². The van der Waals surface area contributed by atoms with Gasteiger partial charge in [0.1, 0.15) is 5.82 Å². The highest BCUT2D eigenvalue weighted by Gasteiger charge is 2.42. The zero-order valence-electron chi connectivity index (χ0n) is 25.0. The SMILES string of the molecule is COC1CN([C@H]2CC(COC3CCC(C(=O)O)CC3)N(C(=O)Cc3cc(Cl)c(NC(=O)c4csc5ccccc45)cc3F)C2)C1. The average Bonchev–Trinajstić information content (AvgIpc) is 3.63. The Hall–Kier alpha value is -3.09. The molecule has 240 valence electrons. The Morgan fingerprint density at radius 3 is 2.58 bits per heavy atom. The van der Waals surface area contributed by atoms with Gasteiger partial charge in [-0.15, -0.1) is 11.3 Å². The first-order valence-electron chi connectivity index (χ1n) is 15.4. The highest BCUT2D eigenvalue weighted by molar-refractivity contribution is 7.17. The Morgan fingerprint density at radius 1 is 1.09 bits per heavy atom. The summed E-state index contributed by atoms with van der Waals surface area (Å²) in [7, 11) is 1.70.